The molecule has 138 valence electrons. The van der Waals surface area contributed by atoms with Crippen molar-refractivity contribution in [3.05, 3.63) is 59.7 Å². The number of rotatable bonds is 9. The van der Waals surface area contributed by atoms with Crippen molar-refractivity contribution >= 4 is 17.6 Å². The highest BCUT2D eigenvalue weighted by Crippen LogP contribution is 2.13. The van der Waals surface area contributed by atoms with Crippen LogP contribution in [0.1, 0.15) is 22.8 Å². The molecule has 0 bridgehead atoms. The standard InChI is InChI=1S/C20H24N2O4/c1-3-26-20(24)16-7-9-17(10-8-16)22-19(23)14-21-12-11-15-5-4-6-18(13-15)25-2/h4-10,13,21H,3,11-12,14H2,1-2H3,(H,22,23). The van der Waals surface area contributed by atoms with Crippen molar-refractivity contribution in [1.29, 1.82) is 0 Å². The largest absolute Gasteiger partial charge is 0.497 e. The summed E-state index contributed by atoms with van der Waals surface area (Å²) in [6.07, 6.45) is 0.804. The van der Waals surface area contributed by atoms with Gasteiger partial charge >= 0.3 is 5.97 Å². The molecule has 6 heteroatoms. The molecule has 0 saturated heterocycles. The van der Waals surface area contributed by atoms with Crippen molar-refractivity contribution < 1.29 is 19.1 Å². The highest BCUT2D eigenvalue weighted by molar-refractivity contribution is 5.93. The van der Waals surface area contributed by atoms with Crippen molar-refractivity contribution in [2.75, 3.05) is 32.1 Å². The molecule has 2 N–H and O–H groups in total. The van der Waals surface area contributed by atoms with Gasteiger partial charge in [-0.2, -0.15) is 0 Å². The molecular formula is C20H24N2O4. The lowest BCUT2D eigenvalue weighted by atomic mass is 10.1. The summed E-state index contributed by atoms with van der Waals surface area (Å²) in [7, 11) is 1.64. The van der Waals surface area contributed by atoms with Crippen LogP contribution in [-0.4, -0.2) is 38.7 Å². The fraction of sp³-hybridized carbons (Fsp3) is 0.300. The Balaban J connectivity index is 1.72. The second-order valence-electron chi connectivity index (χ2n) is 5.62. The van der Waals surface area contributed by atoms with Crippen molar-refractivity contribution in [1.82, 2.24) is 5.32 Å². The lowest BCUT2D eigenvalue weighted by molar-refractivity contribution is -0.115. The van der Waals surface area contributed by atoms with Crippen molar-refractivity contribution in [3.63, 3.8) is 0 Å². The van der Waals surface area contributed by atoms with E-state index < -0.39 is 0 Å². The van der Waals surface area contributed by atoms with Crippen LogP contribution in [0.4, 0.5) is 5.69 Å². The molecule has 0 aliphatic carbocycles. The van der Waals surface area contributed by atoms with Crippen LogP contribution in [0.3, 0.4) is 0 Å². The zero-order valence-corrected chi connectivity index (χ0v) is 15.1. The fourth-order valence-electron chi connectivity index (χ4n) is 2.37. The van der Waals surface area contributed by atoms with Crippen molar-refractivity contribution in [2.24, 2.45) is 0 Å². The second-order valence-corrected chi connectivity index (χ2v) is 5.62. The van der Waals surface area contributed by atoms with Crippen molar-refractivity contribution in [3.8, 4) is 5.75 Å². The van der Waals surface area contributed by atoms with E-state index >= 15 is 0 Å². The number of hydrogen-bond acceptors (Lipinski definition) is 5. The van der Waals surface area contributed by atoms with E-state index in [2.05, 4.69) is 10.6 Å². The first-order chi connectivity index (χ1) is 12.6. The van der Waals surface area contributed by atoms with Crippen LogP contribution in [0.25, 0.3) is 0 Å². The average Bonchev–Trinajstić information content (AvgIpc) is 2.66. The number of hydrogen-bond donors (Lipinski definition) is 2. The van der Waals surface area contributed by atoms with Crippen LogP contribution < -0.4 is 15.4 Å². The maximum atomic E-state index is 12.0. The van der Waals surface area contributed by atoms with E-state index in [4.69, 9.17) is 9.47 Å². The molecule has 0 spiro atoms. The average molecular weight is 356 g/mol. The number of carbonyl (C=O) groups is 2. The van der Waals surface area contributed by atoms with Gasteiger partial charge in [-0.3, -0.25) is 4.79 Å². The van der Waals surface area contributed by atoms with Gasteiger partial charge in [-0.05, 0) is 61.9 Å². The summed E-state index contributed by atoms with van der Waals surface area (Å²) >= 11 is 0. The third-order valence-corrected chi connectivity index (χ3v) is 3.69. The Bertz CT molecular complexity index is 729. The Morgan fingerprint density at radius 3 is 2.54 bits per heavy atom. The molecule has 0 unspecified atom stereocenters. The first-order valence-electron chi connectivity index (χ1n) is 8.53. The molecule has 0 aliphatic heterocycles. The van der Waals surface area contributed by atoms with Crippen molar-refractivity contribution in [2.45, 2.75) is 13.3 Å². The first kappa shape index (κ1) is 19.5. The number of ether oxygens (including phenoxy) is 2. The minimum Gasteiger partial charge on any atom is -0.497 e. The van der Waals surface area contributed by atoms with Gasteiger partial charge in [0.05, 0.1) is 25.8 Å². The van der Waals surface area contributed by atoms with Crippen LogP contribution in [0, 0.1) is 0 Å². The van der Waals surface area contributed by atoms with Gasteiger partial charge in [-0.25, -0.2) is 4.79 Å². The zero-order valence-electron chi connectivity index (χ0n) is 15.1. The normalized spacial score (nSPS) is 10.2. The lowest BCUT2D eigenvalue weighted by Gasteiger charge is -2.08. The van der Waals surface area contributed by atoms with Crippen LogP contribution in [-0.2, 0) is 16.0 Å². The highest BCUT2D eigenvalue weighted by Gasteiger charge is 2.07. The predicted octanol–water partition coefficient (Wildman–Crippen LogP) is 2.64. The molecule has 0 atom stereocenters. The molecule has 0 fully saturated rings. The third kappa shape index (κ3) is 6.22. The molecule has 2 aromatic rings. The van der Waals surface area contributed by atoms with E-state index in [9.17, 15) is 9.59 Å². The summed E-state index contributed by atoms with van der Waals surface area (Å²) in [4.78, 5) is 23.5. The minimum absolute atomic E-state index is 0.139. The van der Waals surface area contributed by atoms with Gasteiger partial charge in [-0.1, -0.05) is 12.1 Å². The summed E-state index contributed by atoms with van der Waals surface area (Å²) in [5, 5.41) is 5.89. The van der Waals surface area contributed by atoms with Gasteiger partial charge in [0, 0.05) is 5.69 Å². The molecule has 2 aromatic carbocycles. The van der Waals surface area contributed by atoms with Gasteiger partial charge in [-0.15, -0.1) is 0 Å². The number of benzene rings is 2. The molecule has 2 rings (SSSR count). The molecule has 0 saturated carbocycles. The molecular weight excluding hydrogens is 332 g/mol. The predicted molar refractivity (Wildman–Crippen MR) is 101 cm³/mol. The molecule has 0 radical (unpaired) electrons. The Labute approximate surface area is 153 Å². The van der Waals surface area contributed by atoms with Gasteiger partial charge in [0.15, 0.2) is 0 Å². The smallest absolute Gasteiger partial charge is 0.338 e. The summed E-state index contributed by atoms with van der Waals surface area (Å²) in [5.41, 5.74) is 2.24. The minimum atomic E-state index is -0.371. The number of esters is 1. The lowest BCUT2D eigenvalue weighted by Crippen LogP contribution is -2.29. The fourth-order valence-corrected chi connectivity index (χ4v) is 2.37. The summed E-state index contributed by atoms with van der Waals surface area (Å²) in [5.74, 6) is 0.315. The molecule has 0 heterocycles. The van der Waals surface area contributed by atoms with Gasteiger partial charge < -0.3 is 20.1 Å². The number of methoxy groups -OCH3 is 1. The van der Waals surface area contributed by atoms with Crippen LogP contribution in [0.15, 0.2) is 48.5 Å². The second kappa shape index (κ2) is 10.2. The Morgan fingerprint density at radius 1 is 1.08 bits per heavy atom. The zero-order chi connectivity index (χ0) is 18.8. The quantitative estimate of drug-likeness (QED) is 0.534. The number of carbonyl (C=O) groups excluding carboxylic acids is 2. The van der Waals surface area contributed by atoms with E-state index in [1.807, 2.05) is 24.3 Å². The summed E-state index contributed by atoms with van der Waals surface area (Å²) in [6.45, 7) is 2.98. The van der Waals surface area contributed by atoms with E-state index in [0.29, 0.717) is 24.4 Å². The van der Waals surface area contributed by atoms with Gasteiger partial charge in [0.25, 0.3) is 0 Å². The van der Waals surface area contributed by atoms with Crippen LogP contribution in [0.5, 0.6) is 5.75 Å². The molecule has 0 aromatic heterocycles. The topological polar surface area (TPSA) is 76.7 Å². The van der Waals surface area contributed by atoms with E-state index in [1.54, 1.807) is 38.3 Å². The SMILES string of the molecule is CCOC(=O)c1ccc(NC(=O)CNCCc2cccc(OC)c2)cc1. The number of nitrogens with one attached hydrogen (secondary N) is 2. The molecule has 1 amide bonds. The van der Waals surface area contributed by atoms with Gasteiger partial charge in [0.1, 0.15) is 5.75 Å². The number of anilines is 1. The van der Waals surface area contributed by atoms with E-state index in [0.717, 1.165) is 17.7 Å². The molecule has 0 aliphatic rings. The van der Waals surface area contributed by atoms with E-state index in [-0.39, 0.29) is 18.4 Å². The number of amides is 1. The molecule has 26 heavy (non-hydrogen) atoms. The third-order valence-electron chi connectivity index (χ3n) is 3.69. The Kier molecular flexibility index (Phi) is 7.64. The Morgan fingerprint density at radius 2 is 1.85 bits per heavy atom. The van der Waals surface area contributed by atoms with Crippen LogP contribution >= 0.6 is 0 Å². The Hall–Kier alpha value is -2.86. The monoisotopic (exact) mass is 356 g/mol. The van der Waals surface area contributed by atoms with Gasteiger partial charge in [0.2, 0.25) is 5.91 Å². The molecule has 6 nitrogen and oxygen atoms in total. The summed E-state index contributed by atoms with van der Waals surface area (Å²) in [6, 6.07) is 14.5. The van der Waals surface area contributed by atoms with Crippen LogP contribution in [0.2, 0.25) is 0 Å². The summed E-state index contributed by atoms with van der Waals surface area (Å²) < 4.78 is 10.1. The highest BCUT2D eigenvalue weighted by atomic mass is 16.5. The first-order valence-corrected chi connectivity index (χ1v) is 8.53. The maximum absolute atomic E-state index is 12.0. The van der Waals surface area contributed by atoms with E-state index in [1.165, 1.54) is 0 Å². The maximum Gasteiger partial charge on any atom is 0.338 e.